The van der Waals surface area contributed by atoms with E-state index < -0.39 is 0 Å². The lowest BCUT2D eigenvalue weighted by Gasteiger charge is -2.37. The van der Waals surface area contributed by atoms with Crippen molar-refractivity contribution in [3.8, 4) is 5.75 Å². The number of amides is 1. The molecule has 3 aromatic carbocycles. The van der Waals surface area contributed by atoms with Gasteiger partial charge in [-0.2, -0.15) is 0 Å². The molecule has 1 fully saturated rings. The molecule has 0 aliphatic carbocycles. The Morgan fingerprint density at radius 3 is 2.24 bits per heavy atom. The van der Waals surface area contributed by atoms with Gasteiger partial charge in [0.15, 0.2) is 0 Å². The van der Waals surface area contributed by atoms with Gasteiger partial charge in [0.05, 0.1) is 19.3 Å². The van der Waals surface area contributed by atoms with Crippen LogP contribution in [0.2, 0.25) is 0 Å². The zero-order valence-corrected chi connectivity index (χ0v) is 20.0. The first-order valence-electron chi connectivity index (χ1n) is 12.2. The van der Waals surface area contributed by atoms with Crippen molar-refractivity contribution in [1.82, 2.24) is 10.2 Å². The van der Waals surface area contributed by atoms with E-state index in [4.69, 9.17) is 4.74 Å². The molecule has 178 valence electrons. The van der Waals surface area contributed by atoms with E-state index in [1.54, 1.807) is 7.11 Å². The summed E-state index contributed by atoms with van der Waals surface area (Å²) in [4.78, 5) is 17.3. The quantitative estimate of drug-likeness (QED) is 0.479. The highest BCUT2D eigenvalue weighted by Gasteiger charge is 2.23. The van der Waals surface area contributed by atoms with Gasteiger partial charge in [-0.1, -0.05) is 72.8 Å². The van der Waals surface area contributed by atoms with Crippen molar-refractivity contribution in [2.75, 3.05) is 44.7 Å². The normalized spacial score (nSPS) is 14.6. The molecular formula is C29H35N3O2. The van der Waals surface area contributed by atoms with Crippen LogP contribution in [0.4, 0.5) is 5.69 Å². The number of hydrogen-bond donors (Lipinski definition) is 1. The van der Waals surface area contributed by atoms with Gasteiger partial charge in [-0.15, -0.1) is 0 Å². The van der Waals surface area contributed by atoms with Gasteiger partial charge in [0.1, 0.15) is 5.75 Å². The van der Waals surface area contributed by atoms with Gasteiger partial charge in [0.2, 0.25) is 5.91 Å². The van der Waals surface area contributed by atoms with Gasteiger partial charge in [0, 0.05) is 32.2 Å². The minimum atomic E-state index is 0.170. The largest absolute Gasteiger partial charge is 0.495 e. The number of anilines is 1. The van der Waals surface area contributed by atoms with Crippen LogP contribution in [0.1, 0.15) is 30.0 Å². The van der Waals surface area contributed by atoms with Gasteiger partial charge < -0.3 is 19.9 Å². The molecular weight excluding hydrogens is 422 g/mol. The van der Waals surface area contributed by atoms with E-state index in [0.29, 0.717) is 6.54 Å². The van der Waals surface area contributed by atoms with Crippen LogP contribution in [0.5, 0.6) is 5.75 Å². The number of nitrogens with one attached hydrogen (secondary N) is 1. The zero-order chi connectivity index (χ0) is 23.6. The molecule has 5 nitrogen and oxygen atoms in total. The topological polar surface area (TPSA) is 44.8 Å². The molecule has 1 heterocycles. The summed E-state index contributed by atoms with van der Waals surface area (Å²) in [5, 5.41) is 3.56. The Kier molecular flexibility index (Phi) is 8.58. The summed E-state index contributed by atoms with van der Waals surface area (Å²) >= 11 is 0. The Hall–Kier alpha value is -3.31. The van der Waals surface area contributed by atoms with Crippen LogP contribution in [-0.4, -0.2) is 50.6 Å². The van der Waals surface area contributed by atoms with Crippen molar-refractivity contribution in [2.24, 2.45) is 0 Å². The van der Waals surface area contributed by atoms with Crippen LogP contribution in [0.3, 0.4) is 0 Å². The lowest BCUT2D eigenvalue weighted by molar-refractivity contribution is -0.130. The molecule has 3 aromatic rings. The standard InChI is InChI=1S/C29H35N3O2/c1-34-28-18-9-8-17-27(28)31-19-21-32(22-20-31)29(33)23-30-26(25-14-6-3-7-15-25)16-10-13-24-11-4-2-5-12-24/h2-9,11-12,14-15,17-18,26,30H,10,13,16,19-23H2,1H3. The minimum absolute atomic E-state index is 0.170. The molecule has 0 spiro atoms. The molecule has 1 saturated heterocycles. The number of rotatable bonds is 10. The van der Waals surface area contributed by atoms with E-state index >= 15 is 0 Å². The highest BCUT2D eigenvalue weighted by molar-refractivity contribution is 5.78. The maximum absolute atomic E-state index is 13.0. The zero-order valence-electron chi connectivity index (χ0n) is 20.0. The fourth-order valence-corrected chi connectivity index (χ4v) is 4.64. The van der Waals surface area contributed by atoms with Crippen LogP contribution in [0.25, 0.3) is 0 Å². The van der Waals surface area contributed by atoms with Gasteiger partial charge in [-0.25, -0.2) is 0 Å². The first-order chi connectivity index (χ1) is 16.7. The summed E-state index contributed by atoms with van der Waals surface area (Å²) in [6.07, 6.45) is 3.11. The van der Waals surface area contributed by atoms with Gasteiger partial charge in [-0.3, -0.25) is 4.79 Å². The van der Waals surface area contributed by atoms with Crippen molar-refractivity contribution in [3.63, 3.8) is 0 Å². The summed E-state index contributed by atoms with van der Waals surface area (Å²) in [5.41, 5.74) is 3.69. The third-order valence-electron chi connectivity index (χ3n) is 6.56. The molecule has 4 rings (SSSR count). The van der Waals surface area contributed by atoms with Crippen molar-refractivity contribution < 1.29 is 9.53 Å². The van der Waals surface area contributed by atoms with Crippen LogP contribution < -0.4 is 15.0 Å². The van der Waals surface area contributed by atoms with Gasteiger partial charge >= 0.3 is 0 Å². The van der Waals surface area contributed by atoms with E-state index in [-0.39, 0.29) is 11.9 Å². The first-order valence-corrected chi connectivity index (χ1v) is 12.2. The fourth-order valence-electron chi connectivity index (χ4n) is 4.64. The lowest BCUT2D eigenvalue weighted by Crippen LogP contribution is -2.51. The molecule has 0 radical (unpaired) electrons. The van der Waals surface area contributed by atoms with Crippen LogP contribution >= 0.6 is 0 Å². The molecule has 0 aromatic heterocycles. The van der Waals surface area contributed by atoms with Gasteiger partial charge in [-0.05, 0) is 42.5 Å². The third-order valence-corrected chi connectivity index (χ3v) is 6.56. The van der Waals surface area contributed by atoms with Crippen molar-refractivity contribution in [2.45, 2.75) is 25.3 Å². The maximum Gasteiger partial charge on any atom is 0.236 e. The summed E-state index contributed by atoms with van der Waals surface area (Å²) < 4.78 is 5.51. The van der Waals surface area contributed by atoms with Crippen LogP contribution in [-0.2, 0) is 11.2 Å². The van der Waals surface area contributed by atoms with E-state index in [0.717, 1.165) is 56.9 Å². The second-order valence-corrected chi connectivity index (χ2v) is 8.76. The smallest absolute Gasteiger partial charge is 0.236 e. The molecule has 1 aliphatic heterocycles. The molecule has 1 amide bonds. The van der Waals surface area contributed by atoms with E-state index in [9.17, 15) is 4.79 Å². The van der Waals surface area contributed by atoms with Crippen LogP contribution in [0, 0.1) is 0 Å². The Morgan fingerprint density at radius 2 is 1.53 bits per heavy atom. The molecule has 1 unspecified atom stereocenters. The highest BCUT2D eigenvalue weighted by Crippen LogP contribution is 2.28. The lowest BCUT2D eigenvalue weighted by atomic mass is 9.99. The predicted molar refractivity (Wildman–Crippen MR) is 138 cm³/mol. The first kappa shape index (κ1) is 23.8. The van der Waals surface area contributed by atoms with Crippen molar-refractivity contribution in [3.05, 3.63) is 96.1 Å². The number of para-hydroxylation sites is 2. The summed E-state index contributed by atoms with van der Waals surface area (Å²) in [6, 6.07) is 29.3. The SMILES string of the molecule is COc1ccccc1N1CCN(C(=O)CNC(CCCc2ccccc2)c2ccccc2)CC1. The number of carbonyl (C=O) groups excluding carboxylic acids is 1. The second-order valence-electron chi connectivity index (χ2n) is 8.76. The molecule has 0 saturated carbocycles. The molecule has 0 bridgehead atoms. The number of aryl methyl sites for hydroxylation is 1. The Labute approximate surface area is 203 Å². The summed E-state index contributed by atoms with van der Waals surface area (Å²) in [6.45, 7) is 3.43. The maximum atomic E-state index is 13.0. The predicted octanol–water partition coefficient (Wildman–Crippen LogP) is 4.70. The number of nitrogens with zero attached hydrogens (tertiary/aromatic N) is 2. The van der Waals surface area contributed by atoms with E-state index in [1.807, 2.05) is 29.2 Å². The average molecular weight is 458 g/mol. The second kappa shape index (κ2) is 12.2. The van der Waals surface area contributed by atoms with Crippen molar-refractivity contribution in [1.29, 1.82) is 0 Å². The minimum Gasteiger partial charge on any atom is -0.495 e. The number of methoxy groups -OCH3 is 1. The van der Waals surface area contributed by atoms with Crippen molar-refractivity contribution >= 4 is 11.6 Å². The number of hydrogen-bond acceptors (Lipinski definition) is 4. The number of benzene rings is 3. The monoisotopic (exact) mass is 457 g/mol. The number of piperazine rings is 1. The Bertz CT molecular complexity index is 1020. The Balaban J connectivity index is 1.29. The highest BCUT2D eigenvalue weighted by atomic mass is 16.5. The summed E-state index contributed by atoms with van der Waals surface area (Å²) in [7, 11) is 1.70. The third kappa shape index (κ3) is 6.39. The average Bonchev–Trinajstić information content (AvgIpc) is 2.91. The fraction of sp³-hybridized carbons (Fsp3) is 0.345. The molecule has 1 atom stereocenters. The van der Waals surface area contributed by atoms with E-state index in [2.05, 4.69) is 70.9 Å². The molecule has 5 heteroatoms. The molecule has 34 heavy (non-hydrogen) atoms. The molecule has 1 N–H and O–H groups in total. The van der Waals surface area contributed by atoms with E-state index in [1.165, 1.54) is 11.1 Å². The van der Waals surface area contributed by atoms with Crippen LogP contribution in [0.15, 0.2) is 84.9 Å². The number of carbonyl (C=O) groups is 1. The molecule has 1 aliphatic rings. The van der Waals surface area contributed by atoms with Gasteiger partial charge in [0.25, 0.3) is 0 Å². The summed E-state index contributed by atoms with van der Waals surface area (Å²) in [5.74, 6) is 1.05. The number of ether oxygens (including phenoxy) is 1. The Morgan fingerprint density at radius 1 is 0.882 bits per heavy atom.